The zero-order chi connectivity index (χ0) is 16.6. The molecule has 0 aromatic heterocycles. The Hall–Kier alpha value is -1.77. The Morgan fingerprint density at radius 3 is 2.65 bits per heavy atom. The van der Waals surface area contributed by atoms with Gasteiger partial charge in [0.25, 0.3) is 11.8 Å². The fraction of sp³-hybridized carbons (Fsp3) is 0.714. The highest BCUT2D eigenvalue weighted by atomic mass is 32.2. The van der Waals surface area contributed by atoms with Gasteiger partial charge in [-0.2, -0.15) is 11.8 Å². The van der Waals surface area contributed by atoms with E-state index in [-0.39, 0.29) is 36.2 Å². The van der Waals surface area contributed by atoms with Gasteiger partial charge in [0.2, 0.25) is 0 Å². The summed E-state index contributed by atoms with van der Waals surface area (Å²) in [6, 6.07) is -0.361. The molecule has 23 heavy (non-hydrogen) atoms. The quantitative estimate of drug-likeness (QED) is 0.546. The maximum Gasteiger partial charge on any atom is 0.337 e. The lowest BCUT2D eigenvalue weighted by molar-refractivity contribution is -0.200. The van der Waals surface area contributed by atoms with Crippen molar-refractivity contribution in [3.63, 3.8) is 0 Å². The minimum atomic E-state index is -0.574. The van der Waals surface area contributed by atoms with Crippen LogP contribution in [0, 0.1) is 5.92 Å². The van der Waals surface area contributed by atoms with E-state index in [0.717, 1.165) is 12.2 Å². The monoisotopic (exact) mass is 341 g/mol. The van der Waals surface area contributed by atoms with Gasteiger partial charge in [0.15, 0.2) is 0 Å². The highest BCUT2D eigenvalue weighted by Gasteiger charge is 2.49. The molecule has 3 heterocycles. The lowest BCUT2D eigenvalue weighted by Crippen LogP contribution is -2.45. The normalized spacial score (nSPS) is 30.9. The van der Waals surface area contributed by atoms with Crippen molar-refractivity contribution in [3.8, 4) is 0 Å². The molecule has 0 bridgehead atoms. The summed E-state index contributed by atoms with van der Waals surface area (Å²) in [6.07, 6.45) is 1.49. The number of imide groups is 1. The molecule has 3 aliphatic heterocycles. The molecule has 3 saturated heterocycles. The molecule has 3 fully saturated rings. The van der Waals surface area contributed by atoms with Crippen LogP contribution in [-0.4, -0.2) is 52.0 Å². The largest absolute Gasteiger partial charge is 0.337 e. The molecule has 9 heteroatoms. The summed E-state index contributed by atoms with van der Waals surface area (Å²) in [5, 5.41) is 6.14. The van der Waals surface area contributed by atoms with Gasteiger partial charge >= 0.3 is 12.0 Å². The standard InChI is InChI=1S/C14H19N3O5S/c1-2-3-7(12-11-8(6-23-12)15-14(21)16-11)13(20)22-17-9(18)4-5-10(17)19/h7-8,11-12H,2-6H2,1H3,(H2,15,16,21)/t7?,8-,11-,12?/m0/s1. The highest BCUT2D eigenvalue weighted by molar-refractivity contribution is 8.00. The van der Waals surface area contributed by atoms with Crippen LogP contribution in [0.4, 0.5) is 4.79 Å². The Balaban J connectivity index is 1.71. The second kappa shape index (κ2) is 6.38. The van der Waals surface area contributed by atoms with Crippen LogP contribution in [0.2, 0.25) is 0 Å². The summed E-state index contributed by atoms with van der Waals surface area (Å²) in [5.41, 5.74) is 0. The van der Waals surface area contributed by atoms with Crippen LogP contribution in [0.1, 0.15) is 32.6 Å². The molecule has 0 spiro atoms. The Kier molecular flexibility index (Phi) is 4.47. The second-order valence-electron chi connectivity index (χ2n) is 5.94. The topological polar surface area (TPSA) is 105 Å². The van der Waals surface area contributed by atoms with E-state index in [2.05, 4.69) is 10.6 Å². The summed E-state index contributed by atoms with van der Waals surface area (Å²) in [7, 11) is 0. The predicted molar refractivity (Wildman–Crippen MR) is 81.1 cm³/mol. The lowest BCUT2D eigenvalue weighted by Gasteiger charge is -2.26. The number of rotatable bonds is 5. The Labute approximate surface area is 137 Å². The van der Waals surface area contributed by atoms with E-state index in [1.54, 1.807) is 11.8 Å². The molecule has 4 atom stereocenters. The Bertz CT molecular complexity index is 539. The van der Waals surface area contributed by atoms with Crippen molar-refractivity contribution in [2.75, 3.05) is 5.75 Å². The van der Waals surface area contributed by atoms with Crippen LogP contribution in [0.15, 0.2) is 0 Å². The molecular weight excluding hydrogens is 322 g/mol. The number of hydroxylamine groups is 2. The molecule has 0 saturated carbocycles. The van der Waals surface area contributed by atoms with E-state index in [0.29, 0.717) is 11.5 Å². The molecule has 0 radical (unpaired) electrons. The van der Waals surface area contributed by atoms with Crippen molar-refractivity contribution in [2.45, 2.75) is 49.9 Å². The first kappa shape index (κ1) is 16.1. The second-order valence-corrected chi connectivity index (χ2v) is 7.15. The molecular formula is C14H19N3O5S. The van der Waals surface area contributed by atoms with Gasteiger partial charge in [0.05, 0.1) is 18.0 Å². The number of fused-ring (bicyclic) bond motifs is 1. The number of hydrogen-bond acceptors (Lipinski definition) is 6. The molecule has 0 aromatic rings. The minimum Gasteiger partial charge on any atom is -0.332 e. The number of urea groups is 1. The Morgan fingerprint density at radius 2 is 2.00 bits per heavy atom. The van der Waals surface area contributed by atoms with Crippen LogP contribution in [0.5, 0.6) is 0 Å². The van der Waals surface area contributed by atoms with Crippen molar-refractivity contribution in [1.82, 2.24) is 15.7 Å². The third kappa shape index (κ3) is 3.01. The molecule has 0 aliphatic carbocycles. The fourth-order valence-electron chi connectivity index (χ4n) is 3.24. The lowest BCUT2D eigenvalue weighted by atomic mass is 9.92. The van der Waals surface area contributed by atoms with Gasteiger partial charge in [-0.1, -0.05) is 13.3 Å². The minimum absolute atomic E-state index is 0.000272. The summed E-state index contributed by atoms with van der Waals surface area (Å²) >= 11 is 1.61. The summed E-state index contributed by atoms with van der Waals surface area (Å²) in [5.74, 6) is -1.28. The van der Waals surface area contributed by atoms with Crippen molar-refractivity contribution >= 4 is 35.6 Å². The van der Waals surface area contributed by atoms with Crippen molar-refractivity contribution in [3.05, 3.63) is 0 Å². The summed E-state index contributed by atoms with van der Waals surface area (Å²) in [6.45, 7) is 1.95. The van der Waals surface area contributed by atoms with E-state index in [1.807, 2.05) is 6.92 Å². The number of hydrogen-bond donors (Lipinski definition) is 2. The molecule has 3 aliphatic rings. The van der Waals surface area contributed by atoms with Crippen LogP contribution >= 0.6 is 11.8 Å². The molecule has 0 aromatic carbocycles. The van der Waals surface area contributed by atoms with E-state index < -0.39 is 23.7 Å². The highest BCUT2D eigenvalue weighted by Crippen LogP contribution is 2.37. The third-order valence-electron chi connectivity index (χ3n) is 4.36. The fourth-order valence-corrected chi connectivity index (χ4v) is 4.90. The van der Waals surface area contributed by atoms with Gasteiger partial charge in [-0.25, -0.2) is 9.59 Å². The molecule has 2 unspecified atom stereocenters. The average Bonchev–Trinajstić information content (AvgIpc) is 3.14. The van der Waals surface area contributed by atoms with Gasteiger partial charge in [-0.05, 0) is 6.42 Å². The third-order valence-corrected chi connectivity index (χ3v) is 5.91. The maximum atomic E-state index is 12.5. The summed E-state index contributed by atoms with van der Waals surface area (Å²) in [4.78, 5) is 52.3. The van der Waals surface area contributed by atoms with Crippen LogP contribution in [0.3, 0.4) is 0 Å². The number of amides is 4. The predicted octanol–water partition coefficient (Wildman–Crippen LogP) is 0.175. The molecule has 4 amide bonds. The number of thioether (sulfide) groups is 1. The smallest absolute Gasteiger partial charge is 0.332 e. The van der Waals surface area contributed by atoms with Gasteiger partial charge in [-0.3, -0.25) is 9.59 Å². The summed E-state index contributed by atoms with van der Waals surface area (Å²) < 4.78 is 0. The number of nitrogens with one attached hydrogen (secondary N) is 2. The van der Waals surface area contributed by atoms with Crippen molar-refractivity contribution in [1.29, 1.82) is 0 Å². The first-order valence-corrected chi connectivity index (χ1v) is 8.82. The molecule has 3 rings (SSSR count). The van der Waals surface area contributed by atoms with Gasteiger partial charge in [0.1, 0.15) is 0 Å². The SMILES string of the molecule is CCCC(C(=O)ON1C(=O)CCC1=O)C1SC[C@@H]2NC(=O)N[C@H]12. The molecule has 126 valence electrons. The zero-order valence-corrected chi connectivity index (χ0v) is 13.6. The van der Waals surface area contributed by atoms with Crippen molar-refractivity contribution < 1.29 is 24.0 Å². The van der Waals surface area contributed by atoms with Gasteiger partial charge < -0.3 is 15.5 Å². The van der Waals surface area contributed by atoms with Crippen LogP contribution in [0.25, 0.3) is 0 Å². The first-order chi connectivity index (χ1) is 11.0. The first-order valence-electron chi connectivity index (χ1n) is 7.77. The number of nitrogens with zero attached hydrogens (tertiary/aromatic N) is 1. The van der Waals surface area contributed by atoms with Crippen molar-refractivity contribution in [2.24, 2.45) is 5.92 Å². The maximum absolute atomic E-state index is 12.5. The average molecular weight is 341 g/mol. The zero-order valence-electron chi connectivity index (χ0n) is 12.7. The molecule has 2 N–H and O–H groups in total. The van der Waals surface area contributed by atoms with Gasteiger partial charge in [0, 0.05) is 23.8 Å². The van der Waals surface area contributed by atoms with Crippen LogP contribution < -0.4 is 10.6 Å². The number of carbonyl (C=O) groups is 4. The van der Waals surface area contributed by atoms with E-state index in [9.17, 15) is 19.2 Å². The van der Waals surface area contributed by atoms with E-state index in [4.69, 9.17) is 4.84 Å². The Morgan fingerprint density at radius 1 is 1.30 bits per heavy atom. The molecule has 8 nitrogen and oxygen atoms in total. The number of carbonyl (C=O) groups excluding carboxylic acids is 4. The van der Waals surface area contributed by atoms with E-state index >= 15 is 0 Å². The van der Waals surface area contributed by atoms with Gasteiger partial charge in [-0.15, -0.1) is 5.06 Å². The van der Waals surface area contributed by atoms with Crippen LogP contribution in [-0.2, 0) is 19.2 Å². The van der Waals surface area contributed by atoms with E-state index in [1.165, 1.54) is 0 Å².